The first-order valence-electron chi connectivity index (χ1n) is 6.73. The van der Waals surface area contributed by atoms with Gasteiger partial charge in [-0.15, -0.1) is 0 Å². The molecule has 1 aromatic heterocycles. The van der Waals surface area contributed by atoms with Gasteiger partial charge in [0.2, 0.25) is 0 Å². The van der Waals surface area contributed by atoms with Crippen molar-refractivity contribution in [2.45, 2.75) is 0 Å². The van der Waals surface area contributed by atoms with Gasteiger partial charge in [0.05, 0.1) is 11.2 Å². The number of halogens is 2. The average Bonchev–Trinajstić information content (AvgIpc) is 2.59. The maximum Gasteiger partial charge on any atom is 0.284 e. The summed E-state index contributed by atoms with van der Waals surface area (Å²) in [5.74, 6) is 6.56. The number of ether oxygens (including phenoxy) is 1. The van der Waals surface area contributed by atoms with E-state index >= 15 is 0 Å². The number of nitrogens with zero attached hydrogens (tertiary/aromatic N) is 3. The summed E-state index contributed by atoms with van der Waals surface area (Å²) in [7, 11) is 0. The van der Waals surface area contributed by atoms with E-state index in [-0.39, 0.29) is 5.02 Å². The van der Waals surface area contributed by atoms with Crippen molar-refractivity contribution < 1.29 is 4.74 Å². The number of fused-ring (bicyclic) bond motifs is 1. The van der Waals surface area contributed by atoms with Crippen LogP contribution in [0.2, 0.25) is 5.02 Å². The van der Waals surface area contributed by atoms with Crippen molar-refractivity contribution in [3.63, 3.8) is 0 Å². The van der Waals surface area contributed by atoms with Crippen LogP contribution in [-0.4, -0.2) is 4.09 Å². The third kappa shape index (κ3) is 3.01. The monoisotopic (exact) mass is 360 g/mol. The molecule has 3 aromatic rings. The predicted molar refractivity (Wildman–Crippen MR) is 93.3 cm³/mol. The molecule has 0 radical (unpaired) electrons. The summed E-state index contributed by atoms with van der Waals surface area (Å²) in [6.07, 6.45) is 1.81. The van der Waals surface area contributed by atoms with Crippen LogP contribution in [0.4, 0.5) is 5.69 Å². The molecule has 1 heterocycles. The number of hydrogen-bond acceptors (Lipinski definition) is 5. The van der Waals surface area contributed by atoms with Crippen LogP contribution in [0.25, 0.3) is 10.9 Å². The molecule has 8 heteroatoms. The molecular weight excluding hydrogens is 351 g/mol. The van der Waals surface area contributed by atoms with Gasteiger partial charge in [-0.25, -0.2) is 14.9 Å². The van der Waals surface area contributed by atoms with E-state index in [0.29, 0.717) is 28.1 Å². The number of benzene rings is 2. The molecule has 6 nitrogen and oxygen atoms in total. The van der Waals surface area contributed by atoms with Crippen LogP contribution in [0.15, 0.2) is 53.3 Å². The van der Waals surface area contributed by atoms with E-state index in [9.17, 15) is 4.79 Å². The highest BCUT2D eigenvalue weighted by molar-refractivity contribution is 6.31. The lowest BCUT2D eigenvalue weighted by Gasteiger charge is -2.11. The molecule has 2 N–H and O–H groups in total. The Morgan fingerprint density at radius 1 is 1.17 bits per heavy atom. The van der Waals surface area contributed by atoms with Gasteiger partial charge in [0.1, 0.15) is 16.5 Å². The summed E-state index contributed by atoms with van der Waals surface area (Å²) >= 11 is 11.8. The Morgan fingerprint density at radius 3 is 2.67 bits per heavy atom. The van der Waals surface area contributed by atoms with Crippen molar-refractivity contribution in [2.75, 3.05) is 5.01 Å². The van der Waals surface area contributed by atoms with E-state index in [4.69, 9.17) is 39.2 Å². The fraction of sp³-hybridized carbons (Fsp3) is 0. The van der Waals surface area contributed by atoms with Gasteiger partial charge in [0.25, 0.3) is 5.56 Å². The zero-order valence-electron chi connectivity index (χ0n) is 12.1. The second kappa shape index (κ2) is 6.42. The van der Waals surface area contributed by atoms with Crippen LogP contribution >= 0.6 is 23.4 Å². The number of anilines is 1. The summed E-state index contributed by atoms with van der Waals surface area (Å²) in [6.45, 7) is 0. The van der Waals surface area contributed by atoms with Gasteiger partial charge < -0.3 is 4.74 Å². The maximum absolute atomic E-state index is 11.7. The average molecular weight is 361 g/mol. The van der Waals surface area contributed by atoms with Crippen molar-refractivity contribution in [1.29, 1.82) is 5.26 Å². The summed E-state index contributed by atoms with van der Waals surface area (Å²) in [5, 5.41) is 10.4. The van der Waals surface area contributed by atoms with Crippen LogP contribution < -0.4 is 21.1 Å². The minimum atomic E-state index is -0.480. The number of nitriles is 1. The van der Waals surface area contributed by atoms with Crippen molar-refractivity contribution in [3.05, 3.63) is 63.9 Å². The summed E-state index contributed by atoms with van der Waals surface area (Å²) in [5.41, 5.74) is 0.532. The smallest absolute Gasteiger partial charge is 0.284 e. The number of aromatic nitrogens is 1. The van der Waals surface area contributed by atoms with E-state index < -0.39 is 5.56 Å². The molecule has 120 valence electrons. The van der Waals surface area contributed by atoms with E-state index in [1.54, 1.807) is 42.5 Å². The molecule has 0 bridgehead atoms. The highest BCUT2D eigenvalue weighted by atomic mass is 35.5. The van der Waals surface area contributed by atoms with Gasteiger partial charge in [-0.3, -0.25) is 4.79 Å². The van der Waals surface area contributed by atoms with Crippen molar-refractivity contribution in [3.8, 4) is 17.7 Å². The zero-order chi connectivity index (χ0) is 17.3. The first-order valence-corrected chi connectivity index (χ1v) is 7.45. The largest absolute Gasteiger partial charge is 0.457 e. The Hall–Kier alpha value is -2.72. The van der Waals surface area contributed by atoms with Crippen molar-refractivity contribution in [2.24, 2.45) is 5.84 Å². The van der Waals surface area contributed by atoms with Crippen LogP contribution in [0.1, 0.15) is 0 Å². The second-order valence-electron chi connectivity index (χ2n) is 4.87. The van der Waals surface area contributed by atoms with Gasteiger partial charge in [0, 0.05) is 23.2 Å². The molecule has 0 aliphatic rings. The molecule has 0 aliphatic carbocycles. The van der Waals surface area contributed by atoms with E-state index in [2.05, 4.69) is 0 Å². The zero-order valence-corrected chi connectivity index (χ0v) is 13.6. The van der Waals surface area contributed by atoms with Gasteiger partial charge >= 0.3 is 0 Å². The van der Waals surface area contributed by atoms with Crippen LogP contribution in [0.5, 0.6) is 11.5 Å². The van der Waals surface area contributed by atoms with Gasteiger partial charge in [0.15, 0.2) is 6.19 Å². The highest BCUT2D eigenvalue weighted by Gasteiger charge is 2.08. The Labute approximate surface area is 146 Å². The number of hydrazine groups is 1. The van der Waals surface area contributed by atoms with Crippen molar-refractivity contribution in [1.82, 2.24) is 4.09 Å². The molecule has 0 saturated carbocycles. The van der Waals surface area contributed by atoms with Crippen LogP contribution in [-0.2, 0) is 0 Å². The molecule has 0 spiro atoms. The normalized spacial score (nSPS) is 10.4. The lowest BCUT2D eigenvalue weighted by atomic mass is 10.2. The number of pyridine rings is 1. The van der Waals surface area contributed by atoms with Crippen LogP contribution in [0.3, 0.4) is 0 Å². The fourth-order valence-electron chi connectivity index (χ4n) is 2.18. The minimum Gasteiger partial charge on any atom is -0.457 e. The Balaban J connectivity index is 1.98. The quantitative estimate of drug-likeness (QED) is 0.333. The number of nitrogens with two attached hydrogens (primary N) is 1. The Kier molecular flexibility index (Phi) is 4.32. The van der Waals surface area contributed by atoms with E-state index in [1.807, 2.05) is 6.19 Å². The van der Waals surface area contributed by atoms with Gasteiger partial charge in [-0.1, -0.05) is 17.7 Å². The second-order valence-corrected chi connectivity index (χ2v) is 5.61. The van der Waals surface area contributed by atoms with Crippen LogP contribution in [0, 0.1) is 11.5 Å². The van der Waals surface area contributed by atoms with E-state index in [0.717, 1.165) is 9.10 Å². The first-order chi connectivity index (χ1) is 11.5. The first kappa shape index (κ1) is 16.1. The Bertz CT molecular complexity index is 1030. The SMILES string of the molecule is N#CN(N)c1cccc(Oc2ccc3c(c2)cc(Cl)c(=O)n3Cl)c1. The standard InChI is InChI=1S/C16H10Cl2N4O2/c17-14-7-10-6-13(4-5-15(10)22(18)16(14)23)24-12-3-1-2-11(8-12)21(20)9-19/h1-8H,20H2. The highest BCUT2D eigenvalue weighted by Crippen LogP contribution is 2.28. The molecule has 0 atom stereocenters. The Morgan fingerprint density at radius 2 is 1.92 bits per heavy atom. The number of hydrogen-bond donors (Lipinski definition) is 1. The molecule has 0 aliphatic heterocycles. The minimum absolute atomic E-state index is 0.0180. The molecule has 0 unspecified atom stereocenters. The summed E-state index contributed by atoms with van der Waals surface area (Å²) in [6, 6.07) is 13.3. The lowest BCUT2D eigenvalue weighted by Crippen LogP contribution is -2.24. The summed E-state index contributed by atoms with van der Waals surface area (Å²) in [4.78, 5) is 11.7. The molecule has 3 rings (SSSR count). The molecule has 2 aromatic carbocycles. The topological polar surface area (TPSA) is 84.3 Å². The van der Waals surface area contributed by atoms with Gasteiger partial charge in [-0.05, 0) is 36.4 Å². The molecular formula is C16H10Cl2N4O2. The third-order valence-corrected chi connectivity index (χ3v) is 3.92. The maximum atomic E-state index is 11.7. The third-order valence-electron chi connectivity index (χ3n) is 3.31. The summed E-state index contributed by atoms with van der Waals surface area (Å²) < 4.78 is 6.73. The van der Waals surface area contributed by atoms with E-state index in [1.165, 1.54) is 6.07 Å². The lowest BCUT2D eigenvalue weighted by molar-refractivity contribution is 0.483. The fourth-order valence-corrected chi connectivity index (χ4v) is 2.67. The predicted octanol–water partition coefficient (Wildman–Crippen LogP) is 3.61. The molecule has 0 saturated heterocycles. The molecule has 0 amide bonds. The number of rotatable bonds is 3. The molecule has 0 fully saturated rings. The molecule has 24 heavy (non-hydrogen) atoms. The van der Waals surface area contributed by atoms with Crippen molar-refractivity contribution >= 4 is 40.0 Å². The van der Waals surface area contributed by atoms with Gasteiger partial charge in [-0.2, -0.15) is 5.26 Å².